The number of hydrogen-bond acceptors (Lipinski definition) is 4. The highest BCUT2D eigenvalue weighted by Crippen LogP contribution is 2.14. The summed E-state index contributed by atoms with van der Waals surface area (Å²) in [6.07, 6.45) is -0.669. The Balaban J connectivity index is 2.25. The molecule has 18 heavy (non-hydrogen) atoms. The van der Waals surface area contributed by atoms with Gasteiger partial charge in [-0.3, -0.25) is 0 Å². The molecular weight excluding hydrogens is 252 g/mol. The third-order valence-electron chi connectivity index (χ3n) is 2.61. The monoisotopic (exact) mass is 272 g/mol. The van der Waals surface area contributed by atoms with Crippen LogP contribution in [0.3, 0.4) is 0 Å². The highest BCUT2D eigenvalue weighted by Gasteiger charge is 2.17. The lowest BCUT2D eigenvalue weighted by Gasteiger charge is -2.23. The zero-order valence-electron chi connectivity index (χ0n) is 10.9. The van der Waals surface area contributed by atoms with Gasteiger partial charge in [0.2, 0.25) is 0 Å². The van der Waals surface area contributed by atoms with E-state index in [-0.39, 0.29) is 12.6 Å². The minimum Gasteiger partial charge on any atom is -0.387 e. The van der Waals surface area contributed by atoms with E-state index in [1.807, 2.05) is 30.7 Å². The number of ether oxygens (including phenoxy) is 1. The van der Waals surface area contributed by atoms with Gasteiger partial charge in [-0.1, -0.05) is 0 Å². The van der Waals surface area contributed by atoms with Gasteiger partial charge in [-0.05, 0) is 36.2 Å². The summed E-state index contributed by atoms with van der Waals surface area (Å²) in [7, 11) is 1.60. The van der Waals surface area contributed by atoms with Crippen molar-refractivity contribution in [1.82, 2.24) is 10.6 Å². The molecule has 6 heteroatoms. The van der Waals surface area contributed by atoms with Gasteiger partial charge in [0.15, 0.2) is 0 Å². The molecule has 0 aromatic carbocycles. The summed E-state index contributed by atoms with van der Waals surface area (Å²) in [5.74, 6) is 0. The molecule has 1 atom stereocenters. The molecule has 1 rings (SSSR count). The van der Waals surface area contributed by atoms with Crippen LogP contribution in [0.2, 0.25) is 0 Å². The predicted octanol–water partition coefficient (Wildman–Crippen LogP) is 1.51. The number of hydrogen-bond donors (Lipinski definition) is 3. The molecule has 0 aliphatic carbocycles. The molecule has 1 unspecified atom stereocenters. The van der Waals surface area contributed by atoms with Crippen LogP contribution in [0.4, 0.5) is 4.79 Å². The summed E-state index contributed by atoms with van der Waals surface area (Å²) >= 11 is 1.51. The van der Waals surface area contributed by atoms with Gasteiger partial charge in [0.25, 0.3) is 0 Å². The fourth-order valence-corrected chi connectivity index (χ4v) is 1.91. The first-order chi connectivity index (χ1) is 8.44. The number of aliphatic hydroxyl groups is 1. The Bertz CT molecular complexity index is 365. The Morgan fingerprint density at radius 3 is 2.83 bits per heavy atom. The van der Waals surface area contributed by atoms with Crippen LogP contribution in [-0.2, 0) is 4.74 Å². The number of urea groups is 1. The highest BCUT2D eigenvalue weighted by molar-refractivity contribution is 7.07. The van der Waals surface area contributed by atoms with E-state index in [2.05, 4.69) is 10.6 Å². The van der Waals surface area contributed by atoms with Gasteiger partial charge in [-0.2, -0.15) is 11.3 Å². The summed E-state index contributed by atoms with van der Waals surface area (Å²) in [6, 6.07) is 1.53. The fraction of sp³-hybridized carbons (Fsp3) is 0.583. The van der Waals surface area contributed by atoms with Crippen molar-refractivity contribution in [2.24, 2.45) is 0 Å². The van der Waals surface area contributed by atoms with E-state index < -0.39 is 11.7 Å². The lowest BCUT2D eigenvalue weighted by Crippen LogP contribution is -2.45. The number of nitrogens with one attached hydrogen (secondary N) is 2. The minimum atomic E-state index is -0.669. The topological polar surface area (TPSA) is 70.6 Å². The van der Waals surface area contributed by atoms with Crippen LogP contribution in [0.5, 0.6) is 0 Å². The number of aliphatic hydroxyl groups excluding tert-OH is 1. The molecule has 0 spiro atoms. The van der Waals surface area contributed by atoms with E-state index in [1.165, 1.54) is 11.3 Å². The van der Waals surface area contributed by atoms with Crippen LogP contribution in [0.1, 0.15) is 25.5 Å². The van der Waals surface area contributed by atoms with Gasteiger partial charge >= 0.3 is 6.03 Å². The van der Waals surface area contributed by atoms with E-state index in [0.29, 0.717) is 6.54 Å². The van der Waals surface area contributed by atoms with E-state index in [0.717, 1.165) is 5.56 Å². The number of carbonyl (C=O) groups is 1. The number of carbonyl (C=O) groups excluding carboxylic acids is 1. The Kier molecular flexibility index (Phi) is 5.58. The van der Waals surface area contributed by atoms with Crippen molar-refractivity contribution in [3.8, 4) is 0 Å². The second-order valence-electron chi connectivity index (χ2n) is 4.60. The van der Waals surface area contributed by atoms with E-state index in [9.17, 15) is 9.90 Å². The summed E-state index contributed by atoms with van der Waals surface area (Å²) < 4.78 is 5.18. The number of rotatable bonds is 6. The van der Waals surface area contributed by atoms with Gasteiger partial charge in [0, 0.05) is 20.2 Å². The fourth-order valence-electron chi connectivity index (χ4n) is 1.20. The van der Waals surface area contributed by atoms with Crippen LogP contribution < -0.4 is 10.6 Å². The zero-order valence-corrected chi connectivity index (χ0v) is 11.7. The smallest absolute Gasteiger partial charge is 0.314 e. The van der Waals surface area contributed by atoms with Crippen LogP contribution in [0.25, 0.3) is 0 Å². The zero-order chi connectivity index (χ0) is 13.6. The van der Waals surface area contributed by atoms with Gasteiger partial charge in [0.05, 0.1) is 11.7 Å². The molecule has 0 aliphatic heterocycles. The van der Waals surface area contributed by atoms with Crippen molar-refractivity contribution in [3.63, 3.8) is 0 Å². The number of amides is 2. The normalized spacial score (nSPS) is 13.1. The second-order valence-corrected chi connectivity index (χ2v) is 5.38. The van der Waals surface area contributed by atoms with Crippen LogP contribution in [0, 0.1) is 0 Å². The van der Waals surface area contributed by atoms with Crippen LogP contribution in [-0.4, -0.2) is 36.9 Å². The maximum atomic E-state index is 11.5. The Morgan fingerprint density at radius 2 is 2.28 bits per heavy atom. The Labute approximate surface area is 111 Å². The summed E-state index contributed by atoms with van der Waals surface area (Å²) in [6.45, 7) is 4.36. The molecule has 5 nitrogen and oxygen atoms in total. The van der Waals surface area contributed by atoms with Crippen molar-refractivity contribution in [3.05, 3.63) is 22.4 Å². The highest BCUT2D eigenvalue weighted by atomic mass is 32.1. The lowest BCUT2D eigenvalue weighted by molar-refractivity contribution is 0.0253. The average Bonchev–Trinajstić information content (AvgIpc) is 2.87. The van der Waals surface area contributed by atoms with Crippen molar-refractivity contribution in [2.45, 2.75) is 25.6 Å². The summed E-state index contributed by atoms with van der Waals surface area (Å²) in [5.41, 5.74) is 0.418. The standard InChI is InChI=1S/C12H20N2O3S/c1-12(2,17-3)8-14-11(16)13-6-10(15)9-4-5-18-7-9/h4-5,7,10,15H,6,8H2,1-3H3,(H2,13,14,16). The minimum absolute atomic E-state index is 0.190. The molecule has 1 heterocycles. The molecule has 102 valence electrons. The summed E-state index contributed by atoms with van der Waals surface area (Å²) in [5, 5.41) is 18.8. The van der Waals surface area contributed by atoms with E-state index in [1.54, 1.807) is 7.11 Å². The molecule has 1 aromatic rings. The molecule has 0 radical (unpaired) electrons. The van der Waals surface area contributed by atoms with Crippen LogP contribution >= 0.6 is 11.3 Å². The maximum Gasteiger partial charge on any atom is 0.314 e. The first-order valence-corrected chi connectivity index (χ1v) is 6.66. The van der Waals surface area contributed by atoms with Gasteiger partial charge in [-0.15, -0.1) is 0 Å². The SMILES string of the molecule is COC(C)(C)CNC(=O)NCC(O)c1ccsc1. The molecule has 0 bridgehead atoms. The van der Waals surface area contributed by atoms with Crippen LogP contribution in [0.15, 0.2) is 16.8 Å². The third kappa shape index (κ3) is 5.03. The van der Waals surface area contributed by atoms with Crippen molar-refractivity contribution in [1.29, 1.82) is 0 Å². The predicted molar refractivity (Wildman–Crippen MR) is 71.8 cm³/mol. The molecule has 2 amide bonds. The van der Waals surface area contributed by atoms with Gasteiger partial charge < -0.3 is 20.5 Å². The quantitative estimate of drug-likeness (QED) is 0.735. The Morgan fingerprint density at radius 1 is 1.56 bits per heavy atom. The van der Waals surface area contributed by atoms with Gasteiger partial charge in [-0.25, -0.2) is 4.79 Å². The van der Waals surface area contributed by atoms with Gasteiger partial charge in [0.1, 0.15) is 0 Å². The molecule has 0 saturated heterocycles. The second kappa shape index (κ2) is 6.72. The molecule has 0 aliphatic rings. The summed E-state index contributed by atoms with van der Waals surface area (Å²) in [4.78, 5) is 11.5. The molecule has 0 saturated carbocycles. The number of thiophene rings is 1. The molecular formula is C12H20N2O3S. The molecule has 0 fully saturated rings. The van der Waals surface area contributed by atoms with E-state index >= 15 is 0 Å². The Hall–Kier alpha value is -1.11. The molecule has 3 N–H and O–H groups in total. The van der Waals surface area contributed by atoms with Crippen molar-refractivity contribution >= 4 is 17.4 Å². The lowest BCUT2D eigenvalue weighted by atomic mass is 10.1. The first-order valence-electron chi connectivity index (χ1n) is 5.71. The maximum absolute atomic E-state index is 11.5. The van der Waals surface area contributed by atoms with Crippen molar-refractivity contribution < 1.29 is 14.6 Å². The largest absolute Gasteiger partial charge is 0.387 e. The third-order valence-corrected chi connectivity index (χ3v) is 3.31. The molecule has 1 aromatic heterocycles. The van der Waals surface area contributed by atoms with Crippen molar-refractivity contribution in [2.75, 3.05) is 20.2 Å². The first kappa shape index (κ1) is 14.9. The van der Waals surface area contributed by atoms with E-state index in [4.69, 9.17) is 4.74 Å². The number of methoxy groups -OCH3 is 1. The average molecular weight is 272 g/mol.